The maximum atomic E-state index is 11.2. The lowest BCUT2D eigenvalue weighted by atomic mass is 9.82. The third kappa shape index (κ3) is 2.21. The van der Waals surface area contributed by atoms with Crippen molar-refractivity contribution in [1.29, 1.82) is 0 Å². The van der Waals surface area contributed by atoms with Crippen molar-refractivity contribution in [2.75, 3.05) is 5.75 Å². The van der Waals surface area contributed by atoms with Crippen LogP contribution >= 0.6 is 19.4 Å². The molecule has 0 aliphatic carbocycles. The lowest BCUT2D eigenvalue weighted by Gasteiger charge is -2.32. The van der Waals surface area contributed by atoms with Gasteiger partial charge in [-0.2, -0.15) is 0 Å². The molecule has 0 aromatic heterocycles. The van der Waals surface area contributed by atoms with Crippen LogP contribution in [-0.2, 0) is 9.98 Å². The average Bonchev–Trinajstić information content (AvgIpc) is 2.15. The molecular weight excluding hydrogens is 243 g/mol. The van der Waals surface area contributed by atoms with Crippen LogP contribution in [0.3, 0.4) is 0 Å². The van der Waals surface area contributed by atoms with Gasteiger partial charge in [0.2, 0.25) is 0 Å². The molecule has 1 aliphatic heterocycles. The molecule has 0 saturated heterocycles. The highest BCUT2D eigenvalue weighted by Crippen LogP contribution is 2.43. The topological polar surface area (TPSA) is 57.5 Å². The third-order valence-electron chi connectivity index (χ3n) is 3.01. The van der Waals surface area contributed by atoms with Crippen molar-refractivity contribution in [3.05, 3.63) is 23.8 Å². The molecule has 0 bridgehead atoms. The van der Waals surface area contributed by atoms with E-state index in [1.165, 1.54) is 6.07 Å². The van der Waals surface area contributed by atoms with Crippen LogP contribution in [0.25, 0.3) is 0 Å². The number of rotatable bonds is 1. The van der Waals surface area contributed by atoms with Crippen LogP contribution in [0.4, 0.5) is 0 Å². The van der Waals surface area contributed by atoms with Crippen LogP contribution in [0.2, 0.25) is 0 Å². The Morgan fingerprint density at radius 2 is 2.06 bits per heavy atom. The van der Waals surface area contributed by atoms with E-state index in [0.29, 0.717) is 0 Å². The summed E-state index contributed by atoms with van der Waals surface area (Å²) < 4.78 is 11.2. The van der Waals surface area contributed by atoms with Crippen molar-refractivity contribution in [1.82, 2.24) is 0 Å². The SMILES string of the molecule is CC1(C)CCSc2ccc(P(=O)(O)O)cc21. The molecule has 0 saturated carbocycles. The largest absolute Gasteiger partial charge is 0.356 e. The molecule has 0 radical (unpaired) electrons. The zero-order chi connectivity index (χ0) is 12.0. The van der Waals surface area contributed by atoms with Crippen LogP contribution < -0.4 is 5.30 Å². The highest BCUT2D eigenvalue weighted by Gasteiger charge is 2.30. The van der Waals surface area contributed by atoms with Crippen LogP contribution in [0.15, 0.2) is 23.1 Å². The molecule has 88 valence electrons. The molecule has 2 N–H and O–H groups in total. The highest BCUT2D eigenvalue weighted by molar-refractivity contribution is 7.99. The van der Waals surface area contributed by atoms with Crippen LogP contribution in [0.1, 0.15) is 25.8 Å². The maximum Gasteiger partial charge on any atom is 0.356 e. The van der Waals surface area contributed by atoms with E-state index in [-0.39, 0.29) is 10.7 Å². The van der Waals surface area contributed by atoms with E-state index >= 15 is 0 Å². The van der Waals surface area contributed by atoms with Gasteiger partial charge in [-0.25, -0.2) is 0 Å². The van der Waals surface area contributed by atoms with Gasteiger partial charge in [0.05, 0.1) is 5.30 Å². The monoisotopic (exact) mass is 258 g/mol. The Bertz CT molecular complexity index is 464. The van der Waals surface area contributed by atoms with Crippen molar-refractivity contribution >= 4 is 24.7 Å². The Morgan fingerprint density at radius 3 is 2.69 bits per heavy atom. The van der Waals surface area contributed by atoms with Crippen molar-refractivity contribution < 1.29 is 14.4 Å². The Morgan fingerprint density at radius 1 is 1.38 bits per heavy atom. The predicted octanol–water partition coefficient (Wildman–Crippen LogP) is 2.26. The second-order valence-electron chi connectivity index (χ2n) is 4.71. The normalized spacial score (nSPS) is 19.2. The molecule has 0 atom stereocenters. The van der Waals surface area contributed by atoms with E-state index in [4.69, 9.17) is 9.79 Å². The Balaban J connectivity index is 2.56. The van der Waals surface area contributed by atoms with Gasteiger partial charge in [-0.1, -0.05) is 13.8 Å². The van der Waals surface area contributed by atoms with Crippen molar-refractivity contribution in [3.63, 3.8) is 0 Å². The quantitative estimate of drug-likeness (QED) is 0.759. The summed E-state index contributed by atoms with van der Waals surface area (Å²) in [6.07, 6.45) is 1.04. The standard InChI is InChI=1S/C11H15O3PS/c1-11(2)5-6-16-10-4-3-8(7-9(10)11)15(12,13)14/h3-4,7H,5-6H2,1-2H3,(H2,12,13,14). The minimum absolute atomic E-state index is 0.00572. The molecule has 1 aliphatic rings. The van der Waals surface area contributed by atoms with E-state index in [9.17, 15) is 4.57 Å². The third-order valence-corrected chi connectivity index (χ3v) is 5.04. The van der Waals surface area contributed by atoms with Gasteiger partial charge in [-0.3, -0.25) is 4.57 Å². The van der Waals surface area contributed by atoms with Gasteiger partial charge in [0.25, 0.3) is 0 Å². The Kier molecular flexibility index (Phi) is 2.96. The molecule has 3 nitrogen and oxygen atoms in total. The molecule has 0 spiro atoms. The summed E-state index contributed by atoms with van der Waals surface area (Å²) in [5.74, 6) is 1.06. The molecule has 5 heteroatoms. The Labute approximate surface area is 99.4 Å². The zero-order valence-corrected chi connectivity index (χ0v) is 11.0. The maximum absolute atomic E-state index is 11.2. The van der Waals surface area contributed by atoms with Crippen LogP contribution in [0, 0.1) is 0 Å². The molecule has 1 aromatic rings. The van der Waals surface area contributed by atoms with Crippen molar-refractivity contribution in [2.45, 2.75) is 30.6 Å². The molecule has 0 amide bonds. The minimum Gasteiger partial charge on any atom is -0.321 e. The molecular formula is C11H15O3PS. The fourth-order valence-corrected chi connectivity index (χ4v) is 3.96. The zero-order valence-electron chi connectivity index (χ0n) is 9.30. The molecule has 2 rings (SSSR count). The number of hydrogen-bond acceptors (Lipinski definition) is 2. The van der Waals surface area contributed by atoms with Gasteiger partial charge in [0.15, 0.2) is 0 Å². The van der Waals surface area contributed by atoms with Gasteiger partial charge >= 0.3 is 7.60 Å². The number of fused-ring (bicyclic) bond motifs is 1. The van der Waals surface area contributed by atoms with Crippen molar-refractivity contribution in [2.24, 2.45) is 0 Å². The first-order valence-electron chi connectivity index (χ1n) is 5.14. The summed E-state index contributed by atoms with van der Waals surface area (Å²) in [5.41, 5.74) is 1.07. The van der Waals surface area contributed by atoms with Gasteiger partial charge in [-0.05, 0) is 41.4 Å². The van der Waals surface area contributed by atoms with E-state index in [1.54, 1.807) is 17.8 Å². The summed E-state index contributed by atoms with van der Waals surface area (Å²) in [7, 11) is -4.13. The summed E-state index contributed by atoms with van der Waals surface area (Å²) in [4.78, 5) is 19.5. The molecule has 0 unspecified atom stereocenters. The second kappa shape index (κ2) is 3.88. The van der Waals surface area contributed by atoms with Crippen LogP contribution in [0.5, 0.6) is 0 Å². The number of benzene rings is 1. The molecule has 16 heavy (non-hydrogen) atoms. The highest BCUT2D eigenvalue weighted by atomic mass is 32.2. The summed E-state index contributed by atoms with van der Waals surface area (Å²) in [6.45, 7) is 4.24. The summed E-state index contributed by atoms with van der Waals surface area (Å²) in [5, 5.41) is 0.127. The van der Waals surface area contributed by atoms with Crippen molar-refractivity contribution in [3.8, 4) is 0 Å². The fourth-order valence-electron chi connectivity index (χ4n) is 1.90. The second-order valence-corrected chi connectivity index (χ2v) is 7.45. The number of thioether (sulfide) groups is 1. The molecule has 1 heterocycles. The summed E-state index contributed by atoms with van der Waals surface area (Å²) >= 11 is 1.76. The Hall–Kier alpha value is -0.280. The van der Waals surface area contributed by atoms with E-state index in [2.05, 4.69) is 13.8 Å². The van der Waals surface area contributed by atoms with Crippen LogP contribution in [-0.4, -0.2) is 15.5 Å². The molecule has 0 fully saturated rings. The van der Waals surface area contributed by atoms with Gasteiger partial charge in [0.1, 0.15) is 0 Å². The first kappa shape index (κ1) is 12.2. The number of hydrogen-bond donors (Lipinski definition) is 2. The fraction of sp³-hybridized carbons (Fsp3) is 0.455. The first-order chi connectivity index (χ1) is 7.31. The lowest BCUT2D eigenvalue weighted by molar-refractivity contribution is 0.387. The minimum atomic E-state index is -4.13. The predicted molar refractivity (Wildman–Crippen MR) is 66.5 cm³/mol. The first-order valence-corrected chi connectivity index (χ1v) is 7.74. The lowest BCUT2D eigenvalue weighted by Crippen LogP contribution is -2.24. The smallest absolute Gasteiger partial charge is 0.321 e. The van der Waals surface area contributed by atoms with Gasteiger partial charge < -0.3 is 9.79 Å². The van der Waals surface area contributed by atoms with Gasteiger partial charge in [0, 0.05) is 4.90 Å². The molecule has 1 aromatic carbocycles. The van der Waals surface area contributed by atoms with E-state index in [0.717, 1.165) is 22.6 Å². The average molecular weight is 258 g/mol. The van der Waals surface area contributed by atoms with E-state index < -0.39 is 7.60 Å². The summed E-state index contributed by atoms with van der Waals surface area (Å²) in [6, 6.07) is 5.03. The van der Waals surface area contributed by atoms with E-state index in [1.807, 2.05) is 6.07 Å². The van der Waals surface area contributed by atoms with Gasteiger partial charge in [-0.15, -0.1) is 11.8 Å².